The lowest BCUT2D eigenvalue weighted by molar-refractivity contribution is -0.276. The predicted molar refractivity (Wildman–Crippen MR) is 59.5 cm³/mol. The Morgan fingerprint density at radius 3 is 2.27 bits per heavy atom. The summed E-state index contributed by atoms with van der Waals surface area (Å²) in [5.41, 5.74) is 2.41. The number of pyridine rings is 1. The zero-order valence-corrected chi connectivity index (χ0v) is 11.0. The van der Waals surface area contributed by atoms with Crippen LogP contribution in [0, 0.1) is 0 Å². The molecule has 0 aromatic carbocycles. The van der Waals surface area contributed by atoms with E-state index in [0.29, 0.717) is 0 Å². The Bertz CT molecular complexity index is 556. The number of aromatic nitrogens is 1. The standard InChI is InChI=1S/C11H10F6N2O3/c1-21-8(20)2-5-7(3-18)19-4-6(10(12,13)14)9(5)22-11(15,16)17/h4H,2-3,18H2,1H3. The molecule has 5 nitrogen and oxygen atoms in total. The molecule has 22 heavy (non-hydrogen) atoms. The van der Waals surface area contributed by atoms with Gasteiger partial charge in [-0.15, -0.1) is 13.2 Å². The number of hydrogen-bond donors (Lipinski definition) is 1. The van der Waals surface area contributed by atoms with Gasteiger partial charge in [0.15, 0.2) is 0 Å². The molecule has 11 heteroatoms. The van der Waals surface area contributed by atoms with Crippen LogP contribution < -0.4 is 10.5 Å². The highest BCUT2D eigenvalue weighted by atomic mass is 19.4. The molecule has 1 aromatic heterocycles. The number of carbonyl (C=O) groups excluding carboxylic acids is 1. The zero-order chi connectivity index (χ0) is 17.1. The largest absolute Gasteiger partial charge is 0.573 e. The molecule has 2 N–H and O–H groups in total. The van der Waals surface area contributed by atoms with Crippen molar-refractivity contribution < 1.29 is 40.6 Å². The molecule has 0 bridgehead atoms. The van der Waals surface area contributed by atoms with Gasteiger partial charge in [-0.1, -0.05) is 0 Å². The van der Waals surface area contributed by atoms with Crippen molar-refractivity contribution in [3.63, 3.8) is 0 Å². The van der Waals surface area contributed by atoms with Crippen molar-refractivity contribution >= 4 is 5.97 Å². The summed E-state index contributed by atoms with van der Waals surface area (Å²) in [7, 11) is 0.926. The van der Waals surface area contributed by atoms with Gasteiger partial charge < -0.3 is 15.2 Å². The van der Waals surface area contributed by atoms with E-state index in [1.54, 1.807) is 0 Å². The van der Waals surface area contributed by atoms with E-state index in [-0.39, 0.29) is 11.9 Å². The monoisotopic (exact) mass is 332 g/mol. The summed E-state index contributed by atoms with van der Waals surface area (Å²) in [6.07, 6.45) is -11.3. The van der Waals surface area contributed by atoms with Crippen LogP contribution in [0.2, 0.25) is 0 Å². The van der Waals surface area contributed by atoms with Crippen LogP contribution in [0.5, 0.6) is 5.75 Å². The van der Waals surface area contributed by atoms with Crippen molar-refractivity contribution in [3.8, 4) is 5.75 Å². The second-order valence-corrected chi connectivity index (χ2v) is 3.93. The van der Waals surface area contributed by atoms with Crippen molar-refractivity contribution in [2.75, 3.05) is 7.11 Å². The minimum absolute atomic E-state index is 0.171. The summed E-state index contributed by atoms with van der Waals surface area (Å²) in [5, 5.41) is 0. The quantitative estimate of drug-likeness (QED) is 0.676. The smallest absolute Gasteiger partial charge is 0.469 e. The number of rotatable bonds is 4. The van der Waals surface area contributed by atoms with Crippen LogP contribution in [-0.2, 0) is 28.7 Å². The average Bonchev–Trinajstić information content (AvgIpc) is 2.37. The summed E-state index contributed by atoms with van der Waals surface area (Å²) in [6.45, 7) is -0.487. The summed E-state index contributed by atoms with van der Waals surface area (Å²) >= 11 is 0. The fraction of sp³-hybridized carbons (Fsp3) is 0.455. The van der Waals surface area contributed by atoms with E-state index in [4.69, 9.17) is 5.73 Å². The molecule has 0 aliphatic carbocycles. The number of nitrogens with two attached hydrogens (primary N) is 1. The first-order valence-corrected chi connectivity index (χ1v) is 5.60. The highest BCUT2D eigenvalue weighted by molar-refractivity contribution is 5.74. The third-order valence-corrected chi connectivity index (χ3v) is 2.48. The fourth-order valence-electron chi connectivity index (χ4n) is 1.58. The van der Waals surface area contributed by atoms with Crippen molar-refractivity contribution in [2.24, 2.45) is 5.73 Å². The van der Waals surface area contributed by atoms with Crippen LogP contribution in [0.3, 0.4) is 0 Å². The molecule has 0 saturated heterocycles. The number of ether oxygens (including phenoxy) is 2. The van der Waals surface area contributed by atoms with Crippen LogP contribution in [-0.4, -0.2) is 24.4 Å². The molecule has 0 unspecified atom stereocenters. The number of methoxy groups -OCH3 is 1. The maximum absolute atomic E-state index is 12.8. The van der Waals surface area contributed by atoms with Gasteiger partial charge in [-0.25, -0.2) is 0 Å². The summed E-state index contributed by atoms with van der Waals surface area (Å²) in [6, 6.07) is 0. The Hall–Kier alpha value is -2.04. The van der Waals surface area contributed by atoms with Gasteiger partial charge in [-0.3, -0.25) is 9.78 Å². The first kappa shape index (κ1) is 18.0. The van der Waals surface area contributed by atoms with Gasteiger partial charge in [0.05, 0.1) is 19.2 Å². The number of hydrogen-bond acceptors (Lipinski definition) is 5. The molecular formula is C11H10F6N2O3. The van der Waals surface area contributed by atoms with Gasteiger partial charge in [-0.05, 0) is 0 Å². The maximum atomic E-state index is 12.8. The predicted octanol–water partition coefficient (Wildman–Crippen LogP) is 2.17. The lowest BCUT2D eigenvalue weighted by atomic mass is 10.0. The lowest BCUT2D eigenvalue weighted by Crippen LogP contribution is -2.24. The Morgan fingerprint density at radius 1 is 1.27 bits per heavy atom. The average molecular weight is 332 g/mol. The second kappa shape index (κ2) is 6.38. The van der Waals surface area contributed by atoms with E-state index in [1.807, 2.05) is 0 Å². The molecule has 0 amide bonds. The Labute approximate surface area is 120 Å². The molecule has 124 valence electrons. The third kappa shape index (κ3) is 4.48. The van der Waals surface area contributed by atoms with E-state index in [2.05, 4.69) is 14.5 Å². The van der Waals surface area contributed by atoms with Crippen molar-refractivity contribution in [2.45, 2.75) is 25.5 Å². The van der Waals surface area contributed by atoms with E-state index >= 15 is 0 Å². The van der Waals surface area contributed by atoms with Crippen molar-refractivity contribution in [3.05, 3.63) is 23.0 Å². The molecule has 1 aromatic rings. The number of carbonyl (C=O) groups is 1. The van der Waals surface area contributed by atoms with Gasteiger partial charge in [0.2, 0.25) is 0 Å². The molecule has 1 rings (SSSR count). The fourth-order valence-corrected chi connectivity index (χ4v) is 1.58. The van der Waals surface area contributed by atoms with Crippen LogP contribution in [0.1, 0.15) is 16.8 Å². The minimum atomic E-state index is -5.39. The Morgan fingerprint density at radius 2 is 1.86 bits per heavy atom. The Balaban J connectivity index is 3.55. The van der Waals surface area contributed by atoms with Gasteiger partial charge in [-0.2, -0.15) is 13.2 Å². The summed E-state index contributed by atoms with van der Waals surface area (Å²) in [5.74, 6) is -2.62. The Kier molecular flexibility index (Phi) is 5.22. The third-order valence-electron chi connectivity index (χ3n) is 2.48. The number of esters is 1. The van der Waals surface area contributed by atoms with Crippen molar-refractivity contribution in [1.29, 1.82) is 0 Å². The molecule has 0 radical (unpaired) electrons. The van der Waals surface area contributed by atoms with Crippen LogP contribution in [0.15, 0.2) is 6.20 Å². The normalized spacial score (nSPS) is 12.2. The number of halogens is 6. The topological polar surface area (TPSA) is 74.4 Å². The highest BCUT2D eigenvalue weighted by Crippen LogP contribution is 2.41. The van der Waals surface area contributed by atoms with Gasteiger partial charge in [0.1, 0.15) is 11.3 Å². The minimum Gasteiger partial charge on any atom is -0.469 e. The van der Waals surface area contributed by atoms with Crippen molar-refractivity contribution in [1.82, 2.24) is 4.98 Å². The van der Waals surface area contributed by atoms with Gasteiger partial charge in [0.25, 0.3) is 0 Å². The molecule has 0 saturated carbocycles. The van der Waals surface area contributed by atoms with E-state index in [1.165, 1.54) is 0 Å². The molecule has 0 aliphatic heterocycles. The van der Waals surface area contributed by atoms with E-state index in [0.717, 1.165) is 7.11 Å². The van der Waals surface area contributed by atoms with E-state index < -0.39 is 48.3 Å². The molecule has 0 atom stereocenters. The summed E-state index contributed by atoms with van der Waals surface area (Å²) < 4.78 is 83.3. The van der Waals surface area contributed by atoms with E-state index in [9.17, 15) is 31.1 Å². The molecule has 0 fully saturated rings. The molecule has 0 spiro atoms. The number of alkyl halides is 6. The zero-order valence-electron chi connectivity index (χ0n) is 11.0. The van der Waals surface area contributed by atoms with Crippen LogP contribution in [0.25, 0.3) is 0 Å². The molecule has 0 aliphatic rings. The second-order valence-electron chi connectivity index (χ2n) is 3.93. The lowest BCUT2D eigenvalue weighted by Gasteiger charge is -2.19. The maximum Gasteiger partial charge on any atom is 0.573 e. The highest BCUT2D eigenvalue weighted by Gasteiger charge is 2.42. The van der Waals surface area contributed by atoms with Gasteiger partial charge in [0, 0.05) is 18.3 Å². The molecular weight excluding hydrogens is 322 g/mol. The summed E-state index contributed by atoms with van der Waals surface area (Å²) in [4.78, 5) is 14.6. The molecule has 1 heterocycles. The first-order chi connectivity index (χ1) is 9.99. The van der Waals surface area contributed by atoms with Crippen LogP contribution in [0.4, 0.5) is 26.3 Å². The SMILES string of the molecule is COC(=O)Cc1c(CN)ncc(C(F)(F)F)c1OC(F)(F)F. The first-order valence-electron chi connectivity index (χ1n) is 5.60. The van der Waals surface area contributed by atoms with Crippen LogP contribution >= 0.6 is 0 Å². The van der Waals surface area contributed by atoms with Gasteiger partial charge >= 0.3 is 18.5 Å². The number of nitrogens with zero attached hydrogens (tertiary/aromatic N) is 1.